The largest absolute Gasteiger partial charge is 0.334 e. The minimum absolute atomic E-state index is 0.205. The lowest BCUT2D eigenvalue weighted by molar-refractivity contribution is 0.400. The van der Waals surface area contributed by atoms with E-state index in [1.807, 2.05) is 32.0 Å². The van der Waals surface area contributed by atoms with E-state index < -0.39 is 0 Å². The predicted molar refractivity (Wildman–Crippen MR) is 81.9 cm³/mol. The van der Waals surface area contributed by atoms with E-state index in [0.717, 1.165) is 13.6 Å². The Hall–Kier alpha value is -0.470. The van der Waals surface area contributed by atoms with Crippen molar-refractivity contribution in [3.05, 3.63) is 32.1 Å². The van der Waals surface area contributed by atoms with Gasteiger partial charge in [-0.1, -0.05) is 19.0 Å². The number of halogens is 2. The zero-order chi connectivity index (χ0) is 13.3. The first-order valence-corrected chi connectivity index (χ1v) is 7.41. The average Bonchev–Trinajstić information content (AvgIpc) is 2.80. The average molecular weight is 422 g/mol. The first-order valence-electron chi connectivity index (χ1n) is 5.53. The standard InChI is InChI=1S/C12H13BrIN3O/c1-6(2)10(15)11-16-12(18-17-11)8-5-7(14)3-4-9(8)13/h3-6,10H,15H2,1-2H3. The molecule has 0 amide bonds. The Morgan fingerprint density at radius 1 is 1.39 bits per heavy atom. The maximum atomic E-state index is 6.00. The molecule has 0 aliphatic carbocycles. The Kier molecular flexibility index (Phi) is 4.39. The third-order valence-electron chi connectivity index (χ3n) is 2.62. The van der Waals surface area contributed by atoms with Crippen molar-refractivity contribution in [3.63, 3.8) is 0 Å². The molecular formula is C12H13BrIN3O. The predicted octanol–water partition coefficient (Wildman–Crippen LogP) is 3.76. The molecule has 18 heavy (non-hydrogen) atoms. The van der Waals surface area contributed by atoms with Crippen LogP contribution in [0.25, 0.3) is 11.5 Å². The number of nitrogens with two attached hydrogens (primary N) is 1. The molecule has 0 fully saturated rings. The second-order valence-corrected chi connectivity index (χ2v) is 6.45. The molecule has 4 nitrogen and oxygen atoms in total. The van der Waals surface area contributed by atoms with Crippen LogP contribution in [0.3, 0.4) is 0 Å². The van der Waals surface area contributed by atoms with Gasteiger partial charge in [0.2, 0.25) is 0 Å². The monoisotopic (exact) mass is 421 g/mol. The van der Waals surface area contributed by atoms with Gasteiger partial charge >= 0.3 is 0 Å². The summed E-state index contributed by atoms with van der Waals surface area (Å²) in [5, 5.41) is 3.95. The fourth-order valence-electron chi connectivity index (χ4n) is 1.44. The normalized spacial score (nSPS) is 13.0. The minimum atomic E-state index is -0.205. The molecule has 1 aromatic carbocycles. The molecule has 0 saturated carbocycles. The molecule has 1 unspecified atom stereocenters. The highest BCUT2D eigenvalue weighted by Gasteiger charge is 2.19. The first kappa shape index (κ1) is 14.0. The topological polar surface area (TPSA) is 64.9 Å². The maximum Gasteiger partial charge on any atom is 0.259 e. The second kappa shape index (κ2) is 5.66. The van der Waals surface area contributed by atoms with Gasteiger partial charge in [0.1, 0.15) is 0 Å². The van der Waals surface area contributed by atoms with E-state index in [1.54, 1.807) is 0 Å². The lowest BCUT2D eigenvalue weighted by Crippen LogP contribution is -2.18. The molecule has 6 heteroatoms. The van der Waals surface area contributed by atoms with Crippen molar-refractivity contribution in [2.75, 3.05) is 0 Å². The fraction of sp³-hybridized carbons (Fsp3) is 0.333. The number of hydrogen-bond acceptors (Lipinski definition) is 4. The third kappa shape index (κ3) is 2.92. The third-order valence-corrected chi connectivity index (χ3v) is 3.98. The van der Waals surface area contributed by atoms with E-state index in [4.69, 9.17) is 10.3 Å². The van der Waals surface area contributed by atoms with Crippen LogP contribution >= 0.6 is 38.5 Å². The highest BCUT2D eigenvalue weighted by Crippen LogP contribution is 2.29. The van der Waals surface area contributed by atoms with Crippen LogP contribution in [0.2, 0.25) is 0 Å². The van der Waals surface area contributed by atoms with Crippen LogP contribution < -0.4 is 5.73 Å². The van der Waals surface area contributed by atoms with Gasteiger partial charge < -0.3 is 10.3 Å². The number of benzene rings is 1. The molecule has 0 spiro atoms. The summed E-state index contributed by atoms with van der Waals surface area (Å²) in [6.45, 7) is 4.06. The lowest BCUT2D eigenvalue weighted by atomic mass is 10.1. The van der Waals surface area contributed by atoms with E-state index >= 15 is 0 Å². The van der Waals surface area contributed by atoms with Gasteiger partial charge in [-0.3, -0.25) is 0 Å². The van der Waals surface area contributed by atoms with Gasteiger partial charge in [-0.25, -0.2) is 0 Å². The molecule has 1 heterocycles. The van der Waals surface area contributed by atoms with Crippen LogP contribution in [-0.2, 0) is 0 Å². The number of rotatable bonds is 3. The molecule has 2 N–H and O–H groups in total. The van der Waals surface area contributed by atoms with Crippen molar-refractivity contribution in [3.8, 4) is 11.5 Å². The van der Waals surface area contributed by atoms with Crippen molar-refractivity contribution in [2.24, 2.45) is 11.7 Å². The molecule has 0 radical (unpaired) electrons. The van der Waals surface area contributed by atoms with Crippen LogP contribution in [0.15, 0.2) is 27.2 Å². The summed E-state index contributed by atoms with van der Waals surface area (Å²) in [7, 11) is 0. The van der Waals surface area contributed by atoms with E-state index in [0.29, 0.717) is 11.7 Å². The Labute approximate surface area is 128 Å². The summed E-state index contributed by atoms with van der Waals surface area (Å²) in [6, 6.07) is 5.75. The van der Waals surface area contributed by atoms with Gasteiger partial charge in [0.15, 0.2) is 5.82 Å². The molecule has 2 aromatic rings. The van der Waals surface area contributed by atoms with Crippen LogP contribution in [0.4, 0.5) is 0 Å². The molecule has 1 aromatic heterocycles. The highest BCUT2D eigenvalue weighted by atomic mass is 127. The summed E-state index contributed by atoms with van der Waals surface area (Å²) < 4.78 is 7.32. The van der Waals surface area contributed by atoms with Crippen LogP contribution in [0.1, 0.15) is 25.7 Å². The summed E-state index contributed by atoms with van der Waals surface area (Å²) in [5.41, 5.74) is 6.88. The zero-order valence-corrected chi connectivity index (χ0v) is 13.8. The Balaban J connectivity index is 2.38. The van der Waals surface area contributed by atoms with Crippen LogP contribution in [0.5, 0.6) is 0 Å². The molecule has 96 valence electrons. The van der Waals surface area contributed by atoms with Gasteiger partial charge in [-0.05, 0) is 62.6 Å². The highest BCUT2D eigenvalue weighted by molar-refractivity contribution is 14.1. The minimum Gasteiger partial charge on any atom is -0.334 e. The fourth-order valence-corrected chi connectivity index (χ4v) is 2.35. The van der Waals surface area contributed by atoms with Crippen molar-refractivity contribution < 1.29 is 4.52 Å². The molecule has 0 aliphatic heterocycles. The van der Waals surface area contributed by atoms with Crippen LogP contribution in [0, 0.1) is 9.49 Å². The van der Waals surface area contributed by atoms with Crippen molar-refractivity contribution in [2.45, 2.75) is 19.9 Å². The molecule has 1 atom stereocenters. The van der Waals surface area contributed by atoms with Gasteiger partial charge in [-0.15, -0.1) is 0 Å². The van der Waals surface area contributed by atoms with Crippen molar-refractivity contribution in [1.29, 1.82) is 0 Å². The maximum absolute atomic E-state index is 6.00. The first-order chi connectivity index (χ1) is 8.49. The molecule has 0 saturated heterocycles. The summed E-state index contributed by atoms with van der Waals surface area (Å²) in [4.78, 5) is 4.37. The van der Waals surface area contributed by atoms with Crippen molar-refractivity contribution in [1.82, 2.24) is 10.1 Å². The van der Waals surface area contributed by atoms with Crippen molar-refractivity contribution >= 4 is 38.5 Å². The Morgan fingerprint density at radius 3 is 2.78 bits per heavy atom. The molecular weight excluding hydrogens is 409 g/mol. The number of aromatic nitrogens is 2. The SMILES string of the molecule is CC(C)C(N)c1noc(-c2cc(I)ccc2Br)n1. The number of hydrogen-bond donors (Lipinski definition) is 1. The Morgan fingerprint density at radius 2 is 2.11 bits per heavy atom. The smallest absolute Gasteiger partial charge is 0.259 e. The van der Waals surface area contributed by atoms with E-state index in [9.17, 15) is 0 Å². The van der Waals surface area contributed by atoms with E-state index in [-0.39, 0.29) is 12.0 Å². The quantitative estimate of drug-likeness (QED) is 0.766. The van der Waals surface area contributed by atoms with E-state index in [1.165, 1.54) is 0 Å². The number of nitrogens with zero attached hydrogens (tertiary/aromatic N) is 2. The van der Waals surface area contributed by atoms with Gasteiger partial charge in [0, 0.05) is 8.04 Å². The summed E-state index contributed by atoms with van der Waals surface area (Å²) in [6.07, 6.45) is 0. The zero-order valence-electron chi connectivity index (χ0n) is 10.0. The molecule has 2 rings (SSSR count). The van der Waals surface area contributed by atoms with Gasteiger partial charge in [0.25, 0.3) is 5.89 Å². The summed E-state index contributed by atoms with van der Waals surface area (Å²) >= 11 is 5.72. The second-order valence-electron chi connectivity index (χ2n) is 4.35. The summed E-state index contributed by atoms with van der Waals surface area (Å²) in [5.74, 6) is 1.31. The van der Waals surface area contributed by atoms with E-state index in [2.05, 4.69) is 48.7 Å². The lowest BCUT2D eigenvalue weighted by Gasteiger charge is -2.09. The van der Waals surface area contributed by atoms with Crippen LogP contribution in [-0.4, -0.2) is 10.1 Å². The molecule has 0 aliphatic rings. The Bertz CT molecular complexity index is 556. The van der Waals surface area contributed by atoms with Gasteiger partial charge in [-0.2, -0.15) is 4.98 Å². The molecule has 0 bridgehead atoms. The van der Waals surface area contributed by atoms with Gasteiger partial charge in [0.05, 0.1) is 11.6 Å².